The third-order valence-electron chi connectivity index (χ3n) is 5.67. The monoisotopic (exact) mass is 316 g/mol. The summed E-state index contributed by atoms with van der Waals surface area (Å²) in [6.07, 6.45) is 9.29. The summed E-state index contributed by atoms with van der Waals surface area (Å²) in [5.74, 6) is 1.08. The van der Waals surface area contributed by atoms with Gasteiger partial charge in [-0.05, 0) is 34.1 Å². The van der Waals surface area contributed by atoms with Crippen LogP contribution in [0.2, 0.25) is 13.1 Å². The molecule has 2 aromatic rings. The predicted octanol–water partition coefficient (Wildman–Crippen LogP) is 4.77. The van der Waals surface area contributed by atoms with Crippen LogP contribution in [0.1, 0.15) is 47.9 Å². The predicted molar refractivity (Wildman–Crippen MR) is 105 cm³/mol. The van der Waals surface area contributed by atoms with Crippen molar-refractivity contribution < 1.29 is 0 Å². The first-order valence-corrected chi connectivity index (χ1v) is 11.6. The van der Waals surface area contributed by atoms with E-state index >= 15 is 0 Å². The summed E-state index contributed by atoms with van der Waals surface area (Å²) in [6.45, 7) is 9.70. The van der Waals surface area contributed by atoms with Gasteiger partial charge in [-0.15, -0.1) is 0 Å². The van der Waals surface area contributed by atoms with Gasteiger partial charge in [-0.25, -0.2) is 0 Å². The van der Waals surface area contributed by atoms with Crippen molar-refractivity contribution in [2.24, 2.45) is 0 Å². The molecule has 116 valence electrons. The molecule has 0 amide bonds. The topological polar surface area (TPSA) is 0 Å². The van der Waals surface area contributed by atoms with Crippen LogP contribution in [0.15, 0.2) is 48.6 Å². The highest BCUT2D eigenvalue weighted by Gasteiger charge is 2.35. The molecule has 0 heterocycles. The Morgan fingerprint density at radius 2 is 1.13 bits per heavy atom. The van der Waals surface area contributed by atoms with Crippen LogP contribution in [0.4, 0.5) is 0 Å². The van der Waals surface area contributed by atoms with Crippen molar-refractivity contribution in [3.05, 3.63) is 70.8 Å². The Morgan fingerprint density at radius 3 is 1.57 bits per heavy atom. The molecule has 0 aromatic heterocycles. The standard InChI is InChI=1S/C22H24Si/c1-15-11-13-17-7-5-9-19(21(15)17)23(3,4)20-10-6-8-18-14-12-16(2)22(18)20/h5-16H,1-4H3. The molecule has 2 unspecified atom stereocenters. The maximum absolute atomic E-state index is 2.52. The van der Waals surface area contributed by atoms with E-state index in [0.29, 0.717) is 11.8 Å². The van der Waals surface area contributed by atoms with E-state index in [0.717, 1.165) is 0 Å². The van der Waals surface area contributed by atoms with E-state index in [1.807, 2.05) is 0 Å². The molecule has 0 bridgehead atoms. The zero-order valence-electron chi connectivity index (χ0n) is 14.4. The van der Waals surface area contributed by atoms with E-state index in [-0.39, 0.29) is 0 Å². The number of allylic oxidation sites excluding steroid dienone is 2. The molecular formula is C22H24Si. The zero-order chi connectivity index (χ0) is 16.2. The lowest BCUT2D eigenvalue weighted by Crippen LogP contribution is -2.55. The van der Waals surface area contributed by atoms with Crippen molar-refractivity contribution in [1.29, 1.82) is 0 Å². The minimum absolute atomic E-state index is 0.542. The summed E-state index contributed by atoms with van der Waals surface area (Å²) in [4.78, 5) is 0. The molecule has 4 rings (SSSR count). The Balaban J connectivity index is 1.92. The lowest BCUT2D eigenvalue weighted by molar-refractivity contribution is 0.993. The van der Waals surface area contributed by atoms with Crippen LogP contribution < -0.4 is 10.4 Å². The molecule has 2 atom stereocenters. The molecule has 2 aromatic carbocycles. The highest BCUT2D eigenvalue weighted by Crippen LogP contribution is 2.32. The van der Waals surface area contributed by atoms with Crippen molar-refractivity contribution in [1.82, 2.24) is 0 Å². The molecule has 0 spiro atoms. The van der Waals surface area contributed by atoms with Crippen molar-refractivity contribution in [3.8, 4) is 0 Å². The number of hydrogen-bond acceptors (Lipinski definition) is 0. The highest BCUT2D eigenvalue weighted by molar-refractivity contribution is 7.01. The fourth-order valence-electron chi connectivity index (χ4n) is 4.40. The first-order chi connectivity index (χ1) is 11.0. The molecule has 0 fully saturated rings. The van der Waals surface area contributed by atoms with Gasteiger partial charge in [0.05, 0.1) is 0 Å². The highest BCUT2D eigenvalue weighted by atomic mass is 28.3. The lowest BCUT2D eigenvalue weighted by Gasteiger charge is -2.31. The SMILES string of the molecule is CC1C=Cc2cccc([Si](C)(C)c3cccc4c3C(C)C=C4)c21. The van der Waals surface area contributed by atoms with Crippen LogP contribution in [0, 0.1) is 0 Å². The molecule has 2 aliphatic carbocycles. The van der Waals surface area contributed by atoms with Crippen LogP contribution in [-0.4, -0.2) is 8.07 Å². The molecule has 0 N–H and O–H groups in total. The third kappa shape index (κ3) is 2.10. The minimum atomic E-state index is -1.73. The molecular weight excluding hydrogens is 292 g/mol. The third-order valence-corrected chi connectivity index (χ3v) is 9.23. The van der Waals surface area contributed by atoms with Gasteiger partial charge in [0.25, 0.3) is 0 Å². The van der Waals surface area contributed by atoms with Crippen molar-refractivity contribution in [3.63, 3.8) is 0 Å². The van der Waals surface area contributed by atoms with Gasteiger partial charge in [-0.1, -0.05) is 98.0 Å². The van der Waals surface area contributed by atoms with E-state index in [9.17, 15) is 0 Å². The quantitative estimate of drug-likeness (QED) is 0.700. The molecule has 0 saturated carbocycles. The second-order valence-corrected chi connectivity index (χ2v) is 11.9. The fourth-order valence-corrected chi connectivity index (χ4v) is 7.80. The molecule has 23 heavy (non-hydrogen) atoms. The first-order valence-electron chi connectivity index (χ1n) is 8.63. The molecule has 0 radical (unpaired) electrons. The van der Waals surface area contributed by atoms with Crippen LogP contribution in [-0.2, 0) is 0 Å². The van der Waals surface area contributed by atoms with E-state index in [1.165, 1.54) is 11.1 Å². The summed E-state index contributed by atoms with van der Waals surface area (Å²) in [5, 5.41) is 3.22. The van der Waals surface area contributed by atoms with Crippen LogP contribution in [0.3, 0.4) is 0 Å². The Morgan fingerprint density at radius 1 is 0.696 bits per heavy atom. The van der Waals surface area contributed by atoms with Gasteiger partial charge in [-0.2, -0.15) is 0 Å². The minimum Gasteiger partial charge on any atom is -0.0767 e. The summed E-state index contributed by atoms with van der Waals surface area (Å²) >= 11 is 0. The smallest absolute Gasteiger partial charge is 0.0767 e. The summed E-state index contributed by atoms with van der Waals surface area (Å²) in [5.41, 5.74) is 5.99. The van der Waals surface area contributed by atoms with Crippen LogP contribution in [0.25, 0.3) is 12.2 Å². The van der Waals surface area contributed by atoms with E-state index in [2.05, 4.69) is 87.6 Å². The zero-order valence-corrected chi connectivity index (χ0v) is 15.4. The average molecular weight is 317 g/mol. The van der Waals surface area contributed by atoms with Gasteiger partial charge in [0.1, 0.15) is 8.07 Å². The van der Waals surface area contributed by atoms with Crippen LogP contribution >= 0.6 is 0 Å². The number of fused-ring (bicyclic) bond motifs is 2. The second kappa shape index (κ2) is 5.07. The van der Waals surface area contributed by atoms with E-state index in [4.69, 9.17) is 0 Å². The van der Waals surface area contributed by atoms with Crippen LogP contribution in [0.5, 0.6) is 0 Å². The Labute approximate surface area is 140 Å². The number of rotatable bonds is 2. The van der Waals surface area contributed by atoms with Gasteiger partial charge in [0.15, 0.2) is 0 Å². The van der Waals surface area contributed by atoms with Crippen molar-refractivity contribution in [2.75, 3.05) is 0 Å². The van der Waals surface area contributed by atoms with Gasteiger partial charge in [-0.3, -0.25) is 0 Å². The van der Waals surface area contributed by atoms with Gasteiger partial charge < -0.3 is 0 Å². The Hall–Kier alpha value is -1.86. The van der Waals surface area contributed by atoms with E-state index < -0.39 is 8.07 Å². The van der Waals surface area contributed by atoms with Crippen molar-refractivity contribution in [2.45, 2.75) is 38.8 Å². The number of hydrogen-bond donors (Lipinski definition) is 0. The first kappa shape index (κ1) is 14.7. The molecule has 1 heteroatoms. The summed E-state index contributed by atoms with van der Waals surface area (Å²) < 4.78 is 0. The molecule has 0 aliphatic heterocycles. The normalized spacial score (nSPS) is 21.6. The van der Waals surface area contributed by atoms with Gasteiger partial charge in [0.2, 0.25) is 0 Å². The fraction of sp³-hybridized carbons (Fsp3) is 0.273. The average Bonchev–Trinajstić information content (AvgIpc) is 3.11. The molecule has 0 saturated heterocycles. The Kier molecular flexibility index (Phi) is 3.24. The summed E-state index contributed by atoms with van der Waals surface area (Å²) in [7, 11) is -1.73. The molecule has 0 nitrogen and oxygen atoms in total. The lowest BCUT2D eigenvalue weighted by atomic mass is 10.0. The second-order valence-electron chi connectivity index (χ2n) is 7.54. The largest absolute Gasteiger partial charge is 0.113 e. The van der Waals surface area contributed by atoms with E-state index in [1.54, 1.807) is 21.5 Å². The maximum Gasteiger partial charge on any atom is 0.113 e. The van der Waals surface area contributed by atoms with Crippen molar-refractivity contribution >= 4 is 30.6 Å². The summed E-state index contributed by atoms with van der Waals surface area (Å²) in [6, 6.07) is 13.8. The van der Waals surface area contributed by atoms with Gasteiger partial charge >= 0.3 is 0 Å². The van der Waals surface area contributed by atoms with Gasteiger partial charge in [0, 0.05) is 0 Å². The maximum atomic E-state index is 2.52. The molecule has 2 aliphatic rings. The Bertz CT molecular complexity index is 770. The number of benzene rings is 2.